The largest absolute Gasteiger partial charge is 0.497 e. The Morgan fingerprint density at radius 3 is 2.90 bits per heavy atom. The summed E-state index contributed by atoms with van der Waals surface area (Å²) in [7, 11) is 1.66. The molecule has 21 heavy (non-hydrogen) atoms. The van der Waals surface area contributed by atoms with Gasteiger partial charge in [0, 0.05) is 27.2 Å². The van der Waals surface area contributed by atoms with Crippen LogP contribution in [-0.2, 0) is 5.75 Å². The molecule has 1 aromatic heterocycles. The molecule has 0 spiro atoms. The van der Waals surface area contributed by atoms with Crippen molar-refractivity contribution in [3.05, 3.63) is 53.1 Å². The van der Waals surface area contributed by atoms with Gasteiger partial charge in [0.05, 0.1) is 23.3 Å². The molecule has 2 heterocycles. The van der Waals surface area contributed by atoms with Crippen LogP contribution in [0, 0.1) is 0 Å². The lowest BCUT2D eigenvalue weighted by molar-refractivity contribution is 0.415. The zero-order valence-electron chi connectivity index (χ0n) is 11.4. The quantitative estimate of drug-likeness (QED) is 0.619. The Hall–Kier alpha value is -1.71. The topological polar surface area (TPSA) is 22.1 Å². The van der Waals surface area contributed by atoms with E-state index in [9.17, 15) is 0 Å². The van der Waals surface area contributed by atoms with Gasteiger partial charge in [-0.05, 0) is 24.3 Å². The van der Waals surface area contributed by atoms with E-state index in [1.54, 1.807) is 7.11 Å². The van der Waals surface area contributed by atoms with Crippen molar-refractivity contribution in [1.82, 2.24) is 4.98 Å². The Morgan fingerprint density at radius 2 is 2.05 bits per heavy atom. The Balaban J connectivity index is 2.04. The fourth-order valence-electron chi connectivity index (χ4n) is 2.66. The number of hydrogen-bond donors (Lipinski definition) is 0. The molecule has 3 aromatic rings. The summed E-state index contributed by atoms with van der Waals surface area (Å²) in [6, 6.07) is 14.2. The number of pyridine rings is 1. The van der Waals surface area contributed by atoms with Crippen molar-refractivity contribution in [1.29, 1.82) is 0 Å². The van der Waals surface area contributed by atoms with Gasteiger partial charge in [-0.25, -0.2) is 4.98 Å². The zero-order valence-corrected chi connectivity index (χ0v) is 13.0. The minimum absolute atomic E-state index is 0.788. The van der Waals surface area contributed by atoms with Crippen LogP contribution in [0.3, 0.4) is 0 Å². The Kier molecular flexibility index (Phi) is 3.05. The lowest BCUT2D eigenvalue weighted by atomic mass is 10.0. The smallest absolute Gasteiger partial charge is 0.119 e. The van der Waals surface area contributed by atoms with E-state index in [0.29, 0.717) is 0 Å². The lowest BCUT2D eigenvalue weighted by Gasteiger charge is -2.20. The Bertz CT molecular complexity index is 863. The van der Waals surface area contributed by atoms with Crippen molar-refractivity contribution in [2.24, 2.45) is 0 Å². The maximum Gasteiger partial charge on any atom is 0.119 e. The lowest BCUT2D eigenvalue weighted by Crippen LogP contribution is -2.01. The molecule has 104 valence electrons. The molecule has 0 saturated carbocycles. The number of ether oxygens (including phenoxy) is 1. The number of benzene rings is 2. The molecule has 4 heteroatoms. The third-order valence-corrected chi connectivity index (χ3v) is 5.27. The highest BCUT2D eigenvalue weighted by atomic mass is 35.5. The summed E-state index contributed by atoms with van der Waals surface area (Å²) in [5.41, 5.74) is 4.19. The SMILES string of the molecule is COc1ccc2nc3c(c(Cl)c2c1)CSc1ccccc1-3. The van der Waals surface area contributed by atoms with Crippen LogP contribution in [0.5, 0.6) is 5.75 Å². The number of methoxy groups -OCH3 is 1. The van der Waals surface area contributed by atoms with Gasteiger partial charge in [0.25, 0.3) is 0 Å². The van der Waals surface area contributed by atoms with Crippen molar-refractivity contribution in [2.75, 3.05) is 7.11 Å². The molecular formula is C17H12ClNOS. The fourth-order valence-corrected chi connectivity index (χ4v) is 4.13. The van der Waals surface area contributed by atoms with Gasteiger partial charge < -0.3 is 4.74 Å². The van der Waals surface area contributed by atoms with Crippen molar-refractivity contribution in [3.63, 3.8) is 0 Å². The molecule has 0 unspecified atom stereocenters. The molecule has 2 aromatic carbocycles. The normalized spacial score (nSPS) is 12.9. The third kappa shape index (κ3) is 2.00. The second-order valence-corrected chi connectivity index (χ2v) is 6.32. The van der Waals surface area contributed by atoms with E-state index < -0.39 is 0 Å². The molecule has 0 fully saturated rings. The van der Waals surface area contributed by atoms with Gasteiger partial charge >= 0.3 is 0 Å². The van der Waals surface area contributed by atoms with Crippen molar-refractivity contribution >= 4 is 34.3 Å². The minimum atomic E-state index is 0.788. The summed E-state index contributed by atoms with van der Waals surface area (Å²) in [5.74, 6) is 1.65. The first-order chi connectivity index (χ1) is 10.3. The number of fused-ring (bicyclic) bond motifs is 4. The van der Waals surface area contributed by atoms with Gasteiger partial charge in [0.1, 0.15) is 5.75 Å². The third-order valence-electron chi connectivity index (χ3n) is 3.74. The van der Waals surface area contributed by atoms with E-state index in [2.05, 4.69) is 18.2 Å². The van der Waals surface area contributed by atoms with E-state index in [0.717, 1.165) is 38.7 Å². The van der Waals surface area contributed by atoms with Crippen molar-refractivity contribution in [3.8, 4) is 17.0 Å². The first-order valence-corrected chi connectivity index (χ1v) is 8.02. The number of halogens is 1. The maximum absolute atomic E-state index is 6.65. The van der Waals surface area contributed by atoms with Gasteiger partial charge in [0.15, 0.2) is 0 Å². The van der Waals surface area contributed by atoms with E-state index >= 15 is 0 Å². The number of aromatic nitrogens is 1. The molecule has 0 bridgehead atoms. The fraction of sp³-hybridized carbons (Fsp3) is 0.118. The molecule has 0 radical (unpaired) electrons. The van der Waals surface area contributed by atoms with Crippen LogP contribution in [0.4, 0.5) is 0 Å². The summed E-state index contributed by atoms with van der Waals surface area (Å²) in [4.78, 5) is 6.11. The molecule has 0 atom stereocenters. The second kappa shape index (κ2) is 4.93. The molecule has 1 aliphatic rings. The summed E-state index contributed by atoms with van der Waals surface area (Å²) in [6.07, 6.45) is 0. The molecule has 0 amide bonds. The van der Waals surface area contributed by atoms with Crippen LogP contribution in [0.1, 0.15) is 5.56 Å². The van der Waals surface area contributed by atoms with Crippen LogP contribution in [0.2, 0.25) is 5.02 Å². The van der Waals surface area contributed by atoms with Crippen LogP contribution in [-0.4, -0.2) is 12.1 Å². The highest BCUT2D eigenvalue weighted by Gasteiger charge is 2.22. The number of nitrogens with zero attached hydrogens (tertiary/aromatic N) is 1. The van der Waals surface area contributed by atoms with E-state index in [4.69, 9.17) is 21.3 Å². The van der Waals surface area contributed by atoms with Crippen molar-refractivity contribution in [2.45, 2.75) is 10.6 Å². The van der Waals surface area contributed by atoms with Crippen LogP contribution < -0.4 is 4.74 Å². The zero-order chi connectivity index (χ0) is 14.4. The summed E-state index contributed by atoms with van der Waals surface area (Å²) in [6.45, 7) is 0. The van der Waals surface area contributed by atoms with Gasteiger partial charge in [0.2, 0.25) is 0 Å². The van der Waals surface area contributed by atoms with Crippen molar-refractivity contribution < 1.29 is 4.74 Å². The number of hydrogen-bond acceptors (Lipinski definition) is 3. The average Bonchev–Trinajstić information content (AvgIpc) is 2.54. The summed E-state index contributed by atoms with van der Waals surface area (Å²) in [5, 5.41) is 1.74. The standard InChI is InChI=1S/C17H12ClNOS/c1-20-10-6-7-14-12(8-10)16(18)13-9-21-15-5-3-2-4-11(15)17(13)19-14/h2-8H,9H2,1H3. The predicted octanol–water partition coefficient (Wildman–Crippen LogP) is 5.17. The molecular weight excluding hydrogens is 302 g/mol. The van der Waals surface area contributed by atoms with E-state index in [1.165, 1.54) is 10.5 Å². The summed E-state index contributed by atoms with van der Waals surface area (Å²) < 4.78 is 5.29. The second-order valence-electron chi connectivity index (χ2n) is 4.92. The van der Waals surface area contributed by atoms with Gasteiger partial charge in [-0.2, -0.15) is 0 Å². The molecule has 1 aliphatic heterocycles. The van der Waals surface area contributed by atoms with E-state index in [-0.39, 0.29) is 0 Å². The van der Waals surface area contributed by atoms with Gasteiger partial charge in [-0.1, -0.05) is 29.8 Å². The monoisotopic (exact) mass is 313 g/mol. The molecule has 0 aliphatic carbocycles. The minimum Gasteiger partial charge on any atom is -0.497 e. The maximum atomic E-state index is 6.65. The molecule has 4 rings (SSSR count). The predicted molar refractivity (Wildman–Crippen MR) is 88.3 cm³/mol. The van der Waals surface area contributed by atoms with Crippen LogP contribution >= 0.6 is 23.4 Å². The highest BCUT2D eigenvalue weighted by molar-refractivity contribution is 7.98. The highest BCUT2D eigenvalue weighted by Crippen LogP contribution is 2.45. The van der Waals surface area contributed by atoms with Crippen LogP contribution in [0.15, 0.2) is 47.4 Å². The number of rotatable bonds is 1. The average molecular weight is 314 g/mol. The van der Waals surface area contributed by atoms with E-state index in [1.807, 2.05) is 36.0 Å². The summed E-state index contributed by atoms with van der Waals surface area (Å²) >= 11 is 8.45. The first kappa shape index (κ1) is 13.0. The number of thioether (sulfide) groups is 1. The van der Waals surface area contributed by atoms with Gasteiger partial charge in [-0.15, -0.1) is 11.8 Å². The molecule has 0 saturated heterocycles. The first-order valence-electron chi connectivity index (χ1n) is 6.66. The Labute approximate surface area is 132 Å². The molecule has 2 nitrogen and oxygen atoms in total. The Morgan fingerprint density at radius 1 is 1.19 bits per heavy atom. The van der Waals surface area contributed by atoms with Gasteiger partial charge in [-0.3, -0.25) is 0 Å². The molecule has 0 N–H and O–H groups in total. The van der Waals surface area contributed by atoms with Crippen LogP contribution in [0.25, 0.3) is 22.2 Å².